The smallest absolute Gasteiger partial charge is 0.358 e. The minimum absolute atomic E-state index is 0.152. The molecule has 2 bridgehead atoms. The Morgan fingerprint density at radius 2 is 1.67 bits per heavy atom. The van der Waals surface area contributed by atoms with Crippen molar-refractivity contribution in [2.75, 3.05) is 17.7 Å². The van der Waals surface area contributed by atoms with E-state index in [-0.39, 0.29) is 11.1 Å². The van der Waals surface area contributed by atoms with Crippen molar-refractivity contribution in [1.82, 2.24) is 9.97 Å². The summed E-state index contributed by atoms with van der Waals surface area (Å²) in [6.45, 7) is 4.84. The highest BCUT2D eigenvalue weighted by Crippen LogP contribution is 2.51. The van der Waals surface area contributed by atoms with Gasteiger partial charge in [0, 0.05) is 11.4 Å². The van der Waals surface area contributed by atoms with Crippen molar-refractivity contribution >= 4 is 40.5 Å². The fraction of sp³-hybridized carbons (Fsp3) is 0.414. The molecule has 6 nitrogen and oxygen atoms in total. The SMILES string of the molecule is COC(=O)c1cncc(Nc2ccc(Nc3ccc(C4(C)CC5CC(C)CC(C5)C4)cc3Cl)cc2)n1. The lowest BCUT2D eigenvalue weighted by Crippen LogP contribution is -2.38. The first kappa shape index (κ1) is 24.6. The van der Waals surface area contributed by atoms with Crippen molar-refractivity contribution in [1.29, 1.82) is 0 Å². The quantitative estimate of drug-likeness (QED) is 0.338. The zero-order valence-corrected chi connectivity index (χ0v) is 21.8. The maximum Gasteiger partial charge on any atom is 0.358 e. The van der Waals surface area contributed by atoms with Gasteiger partial charge < -0.3 is 15.4 Å². The van der Waals surface area contributed by atoms with E-state index in [4.69, 9.17) is 16.3 Å². The number of anilines is 4. The molecule has 3 aromatic rings. The lowest BCUT2D eigenvalue weighted by atomic mass is 9.57. The number of fused-ring (bicyclic) bond motifs is 2. The van der Waals surface area contributed by atoms with Crippen LogP contribution in [0.25, 0.3) is 0 Å². The van der Waals surface area contributed by atoms with E-state index in [0.29, 0.717) is 5.82 Å². The summed E-state index contributed by atoms with van der Waals surface area (Å²) in [7, 11) is 1.32. The Morgan fingerprint density at radius 3 is 2.31 bits per heavy atom. The van der Waals surface area contributed by atoms with Gasteiger partial charge in [0.1, 0.15) is 5.82 Å². The normalized spacial score (nSPS) is 25.2. The molecule has 2 unspecified atom stereocenters. The molecule has 2 aromatic carbocycles. The fourth-order valence-corrected chi connectivity index (χ4v) is 6.61. The molecule has 0 aliphatic heterocycles. The van der Waals surface area contributed by atoms with Crippen molar-refractivity contribution in [3.8, 4) is 0 Å². The standard InChI is InChI=1S/C29H33ClN4O2/c1-18-10-19-12-20(11-18)15-29(2,14-19)21-4-9-25(24(30)13-21)32-22-5-7-23(8-6-22)33-27-17-31-16-26(34-27)28(35)36-3/h4-9,13,16-20,32H,10-12,14-15H2,1-3H3,(H,33,34). The Hall–Kier alpha value is -3.12. The molecule has 7 heteroatoms. The van der Waals surface area contributed by atoms with Crippen LogP contribution in [0.4, 0.5) is 22.9 Å². The highest BCUT2D eigenvalue weighted by molar-refractivity contribution is 6.33. The third-order valence-corrected chi connectivity index (χ3v) is 8.06. The summed E-state index contributed by atoms with van der Waals surface area (Å²) in [4.78, 5) is 20.0. The molecule has 2 N–H and O–H groups in total. The average molecular weight is 505 g/mol. The molecule has 36 heavy (non-hydrogen) atoms. The number of halogens is 1. The summed E-state index contributed by atoms with van der Waals surface area (Å²) in [5.41, 5.74) is 4.36. The molecular formula is C29H33ClN4O2. The van der Waals surface area contributed by atoms with Crippen molar-refractivity contribution < 1.29 is 9.53 Å². The van der Waals surface area contributed by atoms with E-state index in [1.807, 2.05) is 24.3 Å². The first-order chi connectivity index (χ1) is 17.3. The van der Waals surface area contributed by atoms with Gasteiger partial charge in [0.25, 0.3) is 0 Å². The predicted molar refractivity (Wildman–Crippen MR) is 144 cm³/mol. The zero-order chi connectivity index (χ0) is 25.3. The van der Waals surface area contributed by atoms with Crippen molar-refractivity contribution in [3.63, 3.8) is 0 Å². The molecule has 0 saturated heterocycles. The van der Waals surface area contributed by atoms with Crippen molar-refractivity contribution in [3.05, 3.63) is 71.1 Å². The van der Waals surface area contributed by atoms with Crippen LogP contribution in [0.3, 0.4) is 0 Å². The second kappa shape index (κ2) is 10.1. The van der Waals surface area contributed by atoms with Gasteiger partial charge in [0.15, 0.2) is 5.69 Å². The Kier molecular flexibility index (Phi) is 6.89. The number of aromatic nitrogens is 2. The number of carbonyl (C=O) groups excluding carboxylic acids is 1. The molecular weight excluding hydrogens is 472 g/mol. The number of hydrogen-bond donors (Lipinski definition) is 2. The molecule has 0 spiro atoms. The van der Waals surface area contributed by atoms with Gasteiger partial charge >= 0.3 is 5.97 Å². The number of benzene rings is 2. The van der Waals surface area contributed by atoms with Gasteiger partial charge in [-0.05, 0) is 97.2 Å². The minimum atomic E-state index is -0.525. The Balaban J connectivity index is 1.25. The first-order valence-electron chi connectivity index (χ1n) is 12.7. The van der Waals surface area contributed by atoms with Crippen LogP contribution in [-0.2, 0) is 10.2 Å². The maximum absolute atomic E-state index is 11.7. The minimum Gasteiger partial charge on any atom is -0.464 e. The van der Waals surface area contributed by atoms with Crippen LogP contribution in [0.1, 0.15) is 62.0 Å². The van der Waals surface area contributed by atoms with Crippen molar-refractivity contribution in [2.24, 2.45) is 17.8 Å². The molecule has 188 valence electrons. The van der Waals surface area contributed by atoms with Gasteiger partial charge in [-0.3, -0.25) is 4.98 Å². The fourth-order valence-electron chi connectivity index (χ4n) is 6.39. The topological polar surface area (TPSA) is 76.1 Å². The van der Waals surface area contributed by atoms with Gasteiger partial charge in [-0.15, -0.1) is 0 Å². The van der Waals surface area contributed by atoms with Crippen LogP contribution in [-0.4, -0.2) is 23.0 Å². The number of nitrogens with one attached hydrogen (secondary N) is 2. The summed E-state index contributed by atoms with van der Waals surface area (Å²) < 4.78 is 4.70. The van der Waals surface area contributed by atoms with Crippen LogP contribution >= 0.6 is 11.6 Å². The van der Waals surface area contributed by atoms with Crippen LogP contribution in [0.5, 0.6) is 0 Å². The summed E-state index contributed by atoms with van der Waals surface area (Å²) in [6, 6.07) is 14.3. The van der Waals surface area contributed by atoms with Crippen LogP contribution in [0.2, 0.25) is 5.02 Å². The highest BCUT2D eigenvalue weighted by Gasteiger charge is 2.41. The van der Waals surface area contributed by atoms with Crippen molar-refractivity contribution in [2.45, 2.75) is 51.4 Å². The summed E-state index contributed by atoms with van der Waals surface area (Å²) in [6.07, 6.45) is 9.60. The largest absolute Gasteiger partial charge is 0.464 e. The van der Waals surface area contributed by atoms with E-state index in [9.17, 15) is 4.79 Å². The molecule has 1 aromatic heterocycles. The zero-order valence-electron chi connectivity index (χ0n) is 21.1. The molecule has 0 amide bonds. The molecule has 2 saturated carbocycles. The van der Waals surface area contributed by atoms with E-state index in [2.05, 4.69) is 52.6 Å². The molecule has 2 aliphatic carbocycles. The van der Waals surface area contributed by atoms with E-state index < -0.39 is 5.97 Å². The third kappa shape index (κ3) is 5.34. The van der Waals surface area contributed by atoms with Gasteiger partial charge in [-0.2, -0.15) is 0 Å². The number of ether oxygens (including phenoxy) is 1. The molecule has 1 heterocycles. The predicted octanol–water partition coefficient (Wildman–Crippen LogP) is 7.51. The molecule has 2 atom stereocenters. The summed E-state index contributed by atoms with van der Waals surface area (Å²) >= 11 is 6.77. The number of carbonyl (C=O) groups is 1. The van der Waals surface area contributed by atoms with Gasteiger partial charge in [-0.1, -0.05) is 31.5 Å². The van der Waals surface area contributed by atoms with Crippen LogP contribution in [0.15, 0.2) is 54.9 Å². The second-order valence-corrected chi connectivity index (χ2v) is 11.2. The molecule has 5 rings (SSSR count). The van der Waals surface area contributed by atoms with Crippen LogP contribution in [0, 0.1) is 17.8 Å². The van der Waals surface area contributed by atoms with E-state index in [1.54, 1.807) is 6.20 Å². The number of nitrogens with zero attached hydrogens (tertiary/aromatic N) is 2. The van der Waals surface area contributed by atoms with Crippen LogP contribution < -0.4 is 10.6 Å². The second-order valence-electron chi connectivity index (χ2n) is 10.8. The Labute approximate surface area is 217 Å². The summed E-state index contributed by atoms with van der Waals surface area (Å²) in [5, 5.41) is 7.34. The lowest BCUT2D eigenvalue weighted by Gasteiger charge is -2.47. The Morgan fingerprint density at radius 1 is 1.00 bits per heavy atom. The Bertz CT molecular complexity index is 1230. The lowest BCUT2D eigenvalue weighted by molar-refractivity contribution is 0.0593. The van der Waals surface area contributed by atoms with E-state index >= 15 is 0 Å². The number of esters is 1. The monoisotopic (exact) mass is 504 g/mol. The molecule has 2 aliphatic rings. The average Bonchev–Trinajstić information content (AvgIpc) is 2.85. The van der Waals surface area contributed by atoms with Gasteiger partial charge in [0.2, 0.25) is 0 Å². The number of methoxy groups -OCH3 is 1. The first-order valence-corrected chi connectivity index (χ1v) is 13.0. The number of hydrogen-bond acceptors (Lipinski definition) is 6. The number of rotatable bonds is 6. The maximum atomic E-state index is 11.7. The molecule has 2 fully saturated rings. The van der Waals surface area contributed by atoms with E-state index in [0.717, 1.165) is 39.8 Å². The molecule has 0 radical (unpaired) electrons. The third-order valence-electron chi connectivity index (χ3n) is 7.75. The van der Waals surface area contributed by atoms with Gasteiger partial charge in [0.05, 0.1) is 30.2 Å². The summed E-state index contributed by atoms with van der Waals surface area (Å²) in [5.74, 6) is 2.49. The van der Waals surface area contributed by atoms with Gasteiger partial charge in [-0.25, -0.2) is 9.78 Å². The highest BCUT2D eigenvalue weighted by atomic mass is 35.5. The van der Waals surface area contributed by atoms with E-state index in [1.165, 1.54) is 51.0 Å².